The van der Waals surface area contributed by atoms with Crippen molar-refractivity contribution < 1.29 is 4.79 Å². The second-order valence-electron chi connectivity index (χ2n) is 5.20. The number of fused-ring (bicyclic) bond motifs is 1. The minimum absolute atomic E-state index is 0.00463. The van der Waals surface area contributed by atoms with Gasteiger partial charge in [-0.15, -0.1) is 0 Å². The van der Waals surface area contributed by atoms with E-state index >= 15 is 0 Å². The lowest BCUT2D eigenvalue weighted by Gasteiger charge is -2.32. The van der Waals surface area contributed by atoms with Crippen LogP contribution in [0.25, 0.3) is 0 Å². The number of hydrogen-bond acceptors (Lipinski definition) is 1. The number of benzene rings is 1. The summed E-state index contributed by atoms with van der Waals surface area (Å²) in [6.45, 7) is 6.18. The summed E-state index contributed by atoms with van der Waals surface area (Å²) in [6.07, 6.45) is 3.97. The molecule has 1 N–H and O–H groups in total. The smallest absolute Gasteiger partial charge is 0.216 e. The Balaban J connectivity index is 0.000000249. The van der Waals surface area contributed by atoms with Crippen molar-refractivity contribution in [2.24, 2.45) is 0 Å². The molecular weight excluding hydrogens is 210 g/mol. The lowest BCUT2D eigenvalue weighted by Crippen LogP contribution is -2.23. The van der Waals surface area contributed by atoms with Crippen LogP contribution in [0.5, 0.6) is 0 Å². The van der Waals surface area contributed by atoms with Crippen LogP contribution in [-0.2, 0) is 16.6 Å². The third-order valence-electron chi connectivity index (χ3n) is 3.35. The van der Waals surface area contributed by atoms with E-state index in [1.807, 2.05) is 0 Å². The van der Waals surface area contributed by atoms with E-state index in [0.717, 1.165) is 0 Å². The molecule has 94 valence electrons. The Hall–Kier alpha value is -1.31. The molecule has 0 heterocycles. The van der Waals surface area contributed by atoms with Crippen molar-refractivity contribution in [3.05, 3.63) is 35.4 Å². The fraction of sp³-hybridized carbons (Fsp3) is 0.533. The number of hydrogen-bond donors (Lipinski definition) is 1. The molecule has 0 aromatic heterocycles. The van der Waals surface area contributed by atoms with Gasteiger partial charge in [0.25, 0.3) is 0 Å². The molecule has 1 aromatic rings. The van der Waals surface area contributed by atoms with Gasteiger partial charge in [-0.2, -0.15) is 0 Å². The van der Waals surface area contributed by atoms with Crippen LogP contribution >= 0.6 is 0 Å². The van der Waals surface area contributed by atoms with Crippen LogP contribution in [0.4, 0.5) is 0 Å². The summed E-state index contributed by atoms with van der Waals surface area (Å²) >= 11 is 0. The Morgan fingerprint density at radius 3 is 2.41 bits per heavy atom. The first-order valence-corrected chi connectivity index (χ1v) is 6.24. The molecule has 2 rings (SSSR count). The molecule has 17 heavy (non-hydrogen) atoms. The fourth-order valence-electron chi connectivity index (χ4n) is 2.25. The van der Waals surface area contributed by atoms with E-state index in [1.54, 1.807) is 18.2 Å². The molecule has 1 aliphatic carbocycles. The van der Waals surface area contributed by atoms with Crippen LogP contribution in [0.3, 0.4) is 0 Å². The van der Waals surface area contributed by atoms with Gasteiger partial charge >= 0.3 is 0 Å². The van der Waals surface area contributed by atoms with Crippen molar-refractivity contribution in [2.75, 3.05) is 7.05 Å². The summed E-state index contributed by atoms with van der Waals surface area (Å²) in [4.78, 5) is 9.70. The van der Waals surface area contributed by atoms with Crippen molar-refractivity contribution in [1.29, 1.82) is 0 Å². The first-order chi connectivity index (χ1) is 7.97. The van der Waals surface area contributed by atoms with Crippen LogP contribution in [-0.4, -0.2) is 13.0 Å². The van der Waals surface area contributed by atoms with Crippen molar-refractivity contribution in [1.82, 2.24) is 5.32 Å². The zero-order chi connectivity index (χ0) is 12.9. The van der Waals surface area contributed by atoms with Crippen LogP contribution < -0.4 is 5.32 Å². The Kier molecular flexibility index (Phi) is 4.73. The highest BCUT2D eigenvalue weighted by molar-refractivity contribution is 5.72. The lowest BCUT2D eigenvalue weighted by atomic mass is 9.73. The van der Waals surface area contributed by atoms with E-state index < -0.39 is 0 Å². The Morgan fingerprint density at radius 1 is 1.29 bits per heavy atom. The summed E-state index contributed by atoms with van der Waals surface area (Å²) in [6, 6.07) is 8.87. The minimum atomic E-state index is 0.00463. The van der Waals surface area contributed by atoms with Crippen LogP contribution in [0.15, 0.2) is 24.3 Å². The number of carbonyl (C=O) groups excluding carboxylic acids is 1. The highest BCUT2D eigenvalue weighted by Crippen LogP contribution is 2.36. The van der Waals surface area contributed by atoms with Gasteiger partial charge in [0.2, 0.25) is 5.91 Å². The molecule has 0 saturated heterocycles. The Morgan fingerprint density at radius 2 is 1.88 bits per heavy atom. The van der Waals surface area contributed by atoms with Crippen molar-refractivity contribution in [2.45, 2.75) is 45.4 Å². The molecule has 0 aliphatic heterocycles. The summed E-state index contributed by atoms with van der Waals surface area (Å²) in [5.41, 5.74) is 3.54. The first-order valence-electron chi connectivity index (χ1n) is 6.24. The van der Waals surface area contributed by atoms with E-state index in [-0.39, 0.29) is 5.91 Å². The molecule has 0 saturated carbocycles. The van der Waals surface area contributed by atoms with Crippen LogP contribution in [0.2, 0.25) is 0 Å². The van der Waals surface area contributed by atoms with E-state index in [9.17, 15) is 4.79 Å². The molecule has 1 aliphatic rings. The normalized spacial score (nSPS) is 16.2. The molecule has 0 fully saturated rings. The molecule has 1 aromatic carbocycles. The molecule has 2 nitrogen and oxygen atoms in total. The van der Waals surface area contributed by atoms with E-state index in [4.69, 9.17) is 0 Å². The van der Waals surface area contributed by atoms with Gasteiger partial charge in [0.15, 0.2) is 0 Å². The van der Waals surface area contributed by atoms with Gasteiger partial charge in [-0.25, -0.2) is 0 Å². The molecule has 2 heteroatoms. The zero-order valence-electron chi connectivity index (χ0n) is 11.3. The lowest BCUT2D eigenvalue weighted by molar-refractivity contribution is -0.118. The fourth-order valence-corrected chi connectivity index (χ4v) is 2.25. The largest absolute Gasteiger partial charge is 0.359 e. The standard InChI is InChI=1S/C12H16.C3H7NO/c1-12(2)9-5-7-10-6-3-4-8-11(10)12;1-3(5)4-2/h3-4,6,8H,5,7,9H2,1-2H3;1-2H3,(H,4,5). The SMILES string of the molecule is CC1(C)CCCc2ccccc21.CNC(C)=O. The summed E-state index contributed by atoms with van der Waals surface area (Å²) in [5, 5.41) is 2.39. The maximum absolute atomic E-state index is 9.70. The van der Waals surface area contributed by atoms with E-state index in [0.29, 0.717) is 5.41 Å². The second-order valence-corrected chi connectivity index (χ2v) is 5.20. The quantitative estimate of drug-likeness (QED) is 0.733. The van der Waals surface area contributed by atoms with Crippen molar-refractivity contribution in [3.8, 4) is 0 Å². The summed E-state index contributed by atoms with van der Waals surface area (Å²) in [5.74, 6) is 0.00463. The molecule has 1 amide bonds. The van der Waals surface area contributed by atoms with Gasteiger partial charge in [0, 0.05) is 14.0 Å². The van der Waals surface area contributed by atoms with Gasteiger partial charge in [-0.1, -0.05) is 38.1 Å². The third kappa shape index (κ3) is 3.88. The van der Waals surface area contributed by atoms with Crippen LogP contribution in [0.1, 0.15) is 44.7 Å². The summed E-state index contributed by atoms with van der Waals surface area (Å²) < 4.78 is 0. The second kappa shape index (κ2) is 5.85. The molecule has 0 bridgehead atoms. The van der Waals surface area contributed by atoms with E-state index in [1.165, 1.54) is 26.2 Å². The number of amides is 1. The maximum atomic E-state index is 9.70. The van der Waals surface area contributed by atoms with E-state index in [2.05, 4.69) is 43.4 Å². The summed E-state index contributed by atoms with van der Waals surface area (Å²) in [7, 11) is 1.60. The molecule has 0 spiro atoms. The van der Waals surface area contributed by atoms with Gasteiger partial charge in [0.05, 0.1) is 0 Å². The van der Waals surface area contributed by atoms with Crippen LogP contribution in [0, 0.1) is 0 Å². The highest BCUT2D eigenvalue weighted by Gasteiger charge is 2.26. The number of nitrogens with one attached hydrogen (secondary N) is 1. The maximum Gasteiger partial charge on any atom is 0.216 e. The van der Waals surface area contributed by atoms with Gasteiger partial charge in [-0.05, 0) is 35.8 Å². The third-order valence-corrected chi connectivity index (χ3v) is 3.35. The predicted octanol–water partition coefficient (Wildman–Crippen LogP) is 3.05. The molecule has 0 radical (unpaired) electrons. The Bertz CT molecular complexity index is 382. The number of carbonyl (C=O) groups is 1. The zero-order valence-corrected chi connectivity index (χ0v) is 11.3. The Labute approximate surface area is 104 Å². The van der Waals surface area contributed by atoms with Crippen molar-refractivity contribution >= 4 is 5.91 Å². The monoisotopic (exact) mass is 233 g/mol. The average Bonchev–Trinajstić information content (AvgIpc) is 2.30. The number of aryl methyl sites for hydroxylation is 1. The average molecular weight is 233 g/mol. The highest BCUT2D eigenvalue weighted by atomic mass is 16.1. The molecule has 0 unspecified atom stereocenters. The minimum Gasteiger partial charge on any atom is -0.359 e. The van der Waals surface area contributed by atoms with Gasteiger partial charge in [0.1, 0.15) is 0 Å². The van der Waals surface area contributed by atoms with Gasteiger partial charge in [-0.3, -0.25) is 4.79 Å². The molecular formula is C15H23NO. The predicted molar refractivity (Wildman–Crippen MR) is 72.1 cm³/mol. The number of rotatable bonds is 0. The molecule has 0 atom stereocenters. The first kappa shape index (κ1) is 13.8. The topological polar surface area (TPSA) is 29.1 Å². The van der Waals surface area contributed by atoms with Gasteiger partial charge < -0.3 is 5.32 Å². The van der Waals surface area contributed by atoms with Crippen molar-refractivity contribution in [3.63, 3.8) is 0 Å².